The Bertz CT molecular complexity index is 478. The van der Waals surface area contributed by atoms with E-state index in [2.05, 4.69) is 4.98 Å². The van der Waals surface area contributed by atoms with E-state index in [9.17, 15) is 4.39 Å². The second kappa shape index (κ2) is 2.86. The van der Waals surface area contributed by atoms with Crippen molar-refractivity contribution in [1.82, 2.24) is 9.55 Å². The first-order chi connectivity index (χ1) is 6.11. The molecule has 0 saturated carbocycles. The van der Waals surface area contributed by atoms with E-state index in [1.54, 1.807) is 23.9 Å². The topological polar surface area (TPSA) is 17.8 Å². The molecule has 0 unspecified atom stereocenters. The first-order valence-electron chi connectivity index (χ1n) is 3.57. The molecule has 13 heavy (non-hydrogen) atoms. The molecule has 2 aromatic rings. The van der Waals surface area contributed by atoms with Gasteiger partial charge in [0.1, 0.15) is 5.65 Å². The minimum atomic E-state index is -0.665. The maximum absolute atomic E-state index is 13.1. The molecular formula is C8H5Cl2FN2. The molecular weight excluding hydrogens is 214 g/mol. The van der Waals surface area contributed by atoms with Gasteiger partial charge in [-0.3, -0.25) is 0 Å². The molecule has 0 saturated heterocycles. The third kappa shape index (κ3) is 1.19. The van der Waals surface area contributed by atoms with Gasteiger partial charge in [-0.1, -0.05) is 23.2 Å². The number of rotatable bonds is 0. The summed E-state index contributed by atoms with van der Waals surface area (Å²) in [5.74, 6) is -0.665. The monoisotopic (exact) mass is 218 g/mol. The molecule has 0 atom stereocenters. The van der Waals surface area contributed by atoms with Gasteiger partial charge in [0, 0.05) is 18.6 Å². The molecule has 0 aliphatic carbocycles. The number of fused-ring (bicyclic) bond motifs is 1. The quantitative estimate of drug-likeness (QED) is 0.622. The fourth-order valence-electron chi connectivity index (χ4n) is 1.18. The number of aromatic nitrogens is 2. The van der Waals surface area contributed by atoms with Crippen LogP contribution in [0.3, 0.4) is 0 Å². The van der Waals surface area contributed by atoms with Crippen molar-refractivity contribution < 1.29 is 4.39 Å². The van der Waals surface area contributed by atoms with Gasteiger partial charge in [-0.15, -0.1) is 0 Å². The molecule has 0 spiro atoms. The van der Waals surface area contributed by atoms with Crippen LogP contribution in [0.15, 0.2) is 12.3 Å². The highest BCUT2D eigenvalue weighted by Crippen LogP contribution is 2.29. The van der Waals surface area contributed by atoms with Crippen molar-refractivity contribution >= 4 is 34.2 Å². The smallest absolute Gasteiger partial charge is 0.179 e. The Morgan fingerprint density at radius 3 is 2.85 bits per heavy atom. The van der Waals surface area contributed by atoms with Crippen molar-refractivity contribution in [3.63, 3.8) is 0 Å². The minimum absolute atomic E-state index is 0.0237. The van der Waals surface area contributed by atoms with Crippen LogP contribution >= 0.6 is 23.2 Å². The highest BCUT2D eigenvalue weighted by Gasteiger charge is 2.13. The molecule has 5 heteroatoms. The normalized spacial score (nSPS) is 11.1. The summed E-state index contributed by atoms with van der Waals surface area (Å²) in [5.41, 5.74) is 0.580. The van der Waals surface area contributed by atoms with Crippen LogP contribution in [0.1, 0.15) is 0 Å². The number of hydrogen-bond donors (Lipinski definition) is 0. The van der Waals surface area contributed by atoms with E-state index >= 15 is 0 Å². The summed E-state index contributed by atoms with van der Waals surface area (Å²) in [4.78, 5) is 3.86. The molecule has 68 valence electrons. The summed E-state index contributed by atoms with van der Waals surface area (Å²) in [5, 5.41) is 0.404. The molecule has 0 aliphatic rings. The zero-order valence-corrected chi connectivity index (χ0v) is 8.19. The molecule has 0 aliphatic heterocycles. The number of aryl methyl sites for hydroxylation is 1. The van der Waals surface area contributed by atoms with Crippen LogP contribution < -0.4 is 0 Å². The number of halogens is 3. The Kier molecular flexibility index (Phi) is 1.93. The van der Waals surface area contributed by atoms with Crippen LogP contribution in [0.5, 0.6) is 0 Å². The molecule has 2 nitrogen and oxygen atoms in total. The average molecular weight is 219 g/mol. The Hall–Kier alpha value is -0.800. The predicted octanol–water partition coefficient (Wildman–Crippen LogP) is 3.02. The fraction of sp³-hybridized carbons (Fsp3) is 0.125. The van der Waals surface area contributed by atoms with Gasteiger partial charge in [-0.25, -0.2) is 9.37 Å². The summed E-state index contributed by atoms with van der Waals surface area (Å²) in [6.45, 7) is 0. The van der Waals surface area contributed by atoms with Gasteiger partial charge < -0.3 is 4.57 Å². The van der Waals surface area contributed by atoms with Gasteiger partial charge in [-0.2, -0.15) is 0 Å². The maximum atomic E-state index is 13.1. The SMILES string of the molecule is Cn1ccc2c(Cl)c(F)c(Cl)nc21. The summed E-state index contributed by atoms with van der Waals surface area (Å²) in [6, 6.07) is 1.70. The molecule has 0 N–H and O–H groups in total. The van der Waals surface area contributed by atoms with Gasteiger partial charge in [-0.05, 0) is 6.07 Å². The van der Waals surface area contributed by atoms with Crippen LogP contribution in [-0.2, 0) is 7.05 Å². The molecule has 2 rings (SSSR count). The van der Waals surface area contributed by atoms with Gasteiger partial charge >= 0.3 is 0 Å². The summed E-state index contributed by atoms with van der Waals surface area (Å²) < 4.78 is 14.9. The molecule has 0 bridgehead atoms. The second-order valence-corrected chi connectivity index (χ2v) is 3.43. The van der Waals surface area contributed by atoms with E-state index in [0.717, 1.165) is 0 Å². The van der Waals surface area contributed by atoms with Crippen LogP contribution in [0.2, 0.25) is 10.2 Å². The summed E-state index contributed by atoms with van der Waals surface area (Å²) in [6.07, 6.45) is 1.75. The first-order valence-corrected chi connectivity index (χ1v) is 4.32. The van der Waals surface area contributed by atoms with Gasteiger partial charge in [0.05, 0.1) is 5.02 Å². The van der Waals surface area contributed by atoms with E-state index < -0.39 is 5.82 Å². The fourth-order valence-corrected chi connectivity index (χ4v) is 1.64. The molecule has 0 radical (unpaired) electrons. The maximum Gasteiger partial charge on any atom is 0.179 e. The third-order valence-electron chi connectivity index (χ3n) is 1.85. The van der Waals surface area contributed by atoms with Crippen LogP contribution in [0, 0.1) is 5.82 Å². The van der Waals surface area contributed by atoms with Crippen LogP contribution in [0.4, 0.5) is 4.39 Å². The number of hydrogen-bond acceptors (Lipinski definition) is 1. The van der Waals surface area contributed by atoms with Crippen molar-refractivity contribution in [3.8, 4) is 0 Å². The second-order valence-electron chi connectivity index (χ2n) is 2.69. The first kappa shape index (κ1) is 8.78. The van der Waals surface area contributed by atoms with E-state index in [-0.39, 0.29) is 10.2 Å². The molecule has 2 aromatic heterocycles. The van der Waals surface area contributed by atoms with Crippen LogP contribution in [-0.4, -0.2) is 9.55 Å². The minimum Gasteiger partial charge on any atom is -0.335 e. The Morgan fingerprint density at radius 2 is 2.15 bits per heavy atom. The summed E-state index contributed by atoms with van der Waals surface area (Å²) >= 11 is 11.3. The number of nitrogens with zero attached hydrogens (tertiary/aromatic N) is 2. The van der Waals surface area contributed by atoms with Gasteiger partial charge in [0.25, 0.3) is 0 Å². The third-order valence-corrected chi connectivity index (χ3v) is 2.47. The van der Waals surface area contributed by atoms with Crippen LogP contribution in [0.25, 0.3) is 11.0 Å². The van der Waals surface area contributed by atoms with Crippen molar-refractivity contribution in [2.45, 2.75) is 0 Å². The lowest BCUT2D eigenvalue weighted by Gasteiger charge is -2.00. The van der Waals surface area contributed by atoms with Crippen molar-refractivity contribution in [3.05, 3.63) is 28.3 Å². The Morgan fingerprint density at radius 1 is 1.46 bits per heavy atom. The lowest BCUT2D eigenvalue weighted by Crippen LogP contribution is -1.91. The van der Waals surface area contributed by atoms with E-state index in [1.807, 2.05) is 0 Å². The average Bonchev–Trinajstić information content (AvgIpc) is 2.45. The standard InChI is InChI=1S/C8H5Cl2FN2/c1-13-3-2-4-5(9)6(11)7(10)12-8(4)13/h2-3H,1H3. The van der Waals surface area contributed by atoms with E-state index in [4.69, 9.17) is 23.2 Å². The largest absolute Gasteiger partial charge is 0.335 e. The summed E-state index contributed by atoms with van der Waals surface area (Å²) in [7, 11) is 1.79. The molecule has 0 fully saturated rings. The van der Waals surface area contributed by atoms with Crippen molar-refractivity contribution in [2.75, 3.05) is 0 Å². The molecule has 2 heterocycles. The predicted molar refractivity (Wildman–Crippen MR) is 50.7 cm³/mol. The molecule has 0 amide bonds. The lowest BCUT2D eigenvalue weighted by molar-refractivity contribution is 0.624. The van der Waals surface area contributed by atoms with Gasteiger partial charge in [0.15, 0.2) is 11.0 Å². The van der Waals surface area contributed by atoms with Crippen molar-refractivity contribution in [2.24, 2.45) is 7.05 Å². The van der Waals surface area contributed by atoms with Gasteiger partial charge in [0.2, 0.25) is 0 Å². The zero-order chi connectivity index (χ0) is 9.59. The Labute approximate surface area is 83.9 Å². The number of pyridine rings is 1. The van der Waals surface area contributed by atoms with Crippen molar-refractivity contribution in [1.29, 1.82) is 0 Å². The van der Waals surface area contributed by atoms with E-state index in [1.165, 1.54) is 0 Å². The Balaban J connectivity index is 2.96. The zero-order valence-electron chi connectivity index (χ0n) is 6.68. The highest BCUT2D eigenvalue weighted by molar-refractivity contribution is 6.37. The lowest BCUT2D eigenvalue weighted by atomic mass is 10.3. The highest BCUT2D eigenvalue weighted by atomic mass is 35.5. The van der Waals surface area contributed by atoms with E-state index in [0.29, 0.717) is 11.0 Å². The molecule has 0 aromatic carbocycles.